The summed E-state index contributed by atoms with van der Waals surface area (Å²) in [7, 11) is -3.96. The molecule has 0 aliphatic carbocycles. The van der Waals surface area contributed by atoms with Gasteiger partial charge in [-0.05, 0) is 6.92 Å². The maximum atomic E-state index is 12.3. The molecule has 2 N–H and O–H groups in total. The molecule has 7 nitrogen and oxygen atoms in total. The van der Waals surface area contributed by atoms with E-state index in [1.807, 2.05) is 0 Å². The van der Waals surface area contributed by atoms with Crippen LogP contribution in [-0.4, -0.2) is 47.1 Å². The van der Waals surface area contributed by atoms with Crippen molar-refractivity contribution in [1.29, 1.82) is 0 Å². The monoisotopic (exact) mass is 271 g/mol. The van der Waals surface area contributed by atoms with E-state index in [1.54, 1.807) is 6.92 Å². The molecule has 1 rings (SSSR count). The van der Waals surface area contributed by atoms with Gasteiger partial charge in [-0.2, -0.15) is 9.40 Å². The Kier molecular flexibility index (Phi) is 4.11. The zero-order valence-corrected chi connectivity index (χ0v) is 10.8. The maximum Gasteiger partial charge on any atom is 0.357 e. The second kappa shape index (κ2) is 5.20. The number of terminal acetylenes is 1. The Morgan fingerprint density at radius 1 is 1.61 bits per heavy atom. The lowest BCUT2D eigenvalue weighted by Gasteiger charge is -2.17. The second-order valence-electron chi connectivity index (χ2n) is 3.47. The minimum atomic E-state index is -3.96. The SMILES string of the molecule is C#CCN(CC)S(=O)(=O)c1c(C(=O)O)n[nH]c1C. The average molecular weight is 271 g/mol. The Bertz CT molecular complexity index is 597. The highest BCUT2D eigenvalue weighted by molar-refractivity contribution is 7.89. The van der Waals surface area contributed by atoms with Crippen LogP contribution >= 0.6 is 0 Å². The van der Waals surface area contributed by atoms with Gasteiger partial charge in [-0.15, -0.1) is 6.42 Å². The number of aromatic nitrogens is 2. The van der Waals surface area contributed by atoms with Crippen molar-refractivity contribution in [2.45, 2.75) is 18.7 Å². The van der Waals surface area contributed by atoms with E-state index in [4.69, 9.17) is 11.5 Å². The van der Waals surface area contributed by atoms with Crippen LogP contribution in [0.1, 0.15) is 23.1 Å². The standard InChI is InChI=1S/C10H13N3O4S/c1-4-6-13(5-2)18(16,17)9-7(3)11-12-8(9)10(14)15/h1H,5-6H2,2-3H3,(H,11,12)(H,14,15). The van der Waals surface area contributed by atoms with Gasteiger partial charge < -0.3 is 5.11 Å². The van der Waals surface area contributed by atoms with Crippen LogP contribution in [0.4, 0.5) is 0 Å². The van der Waals surface area contributed by atoms with E-state index in [-0.39, 0.29) is 23.7 Å². The highest BCUT2D eigenvalue weighted by Crippen LogP contribution is 2.21. The van der Waals surface area contributed by atoms with E-state index in [0.29, 0.717) is 0 Å². The molecule has 1 heterocycles. The number of sulfonamides is 1. The van der Waals surface area contributed by atoms with Gasteiger partial charge in [-0.1, -0.05) is 12.8 Å². The van der Waals surface area contributed by atoms with Crippen molar-refractivity contribution in [3.05, 3.63) is 11.4 Å². The number of hydrogen-bond donors (Lipinski definition) is 2. The molecule has 18 heavy (non-hydrogen) atoms. The van der Waals surface area contributed by atoms with Crippen LogP contribution in [0.3, 0.4) is 0 Å². The number of aromatic amines is 1. The Balaban J connectivity index is 3.41. The molecule has 0 bridgehead atoms. The Morgan fingerprint density at radius 3 is 2.67 bits per heavy atom. The minimum Gasteiger partial charge on any atom is -0.476 e. The molecule has 0 aromatic carbocycles. The van der Waals surface area contributed by atoms with Gasteiger partial charge in [0.25, 0.3) is 0 Å². The first-order valence-electron chi connectivity index (χ1n) is 5.08. The largest absolute Gasteiger partial charge is 0.476 e. The van der Waals surface area contributed by atoms with E-state index in [9.17, 15) is 13.2 Å². The van der Waals surface area contributed by atoms with Crippen LogP contribution in [0.2, 0.25) is 0 Å². The molecule has 0 saturated heterocycles. The molecule has 0 aliphatic rings. The summed E-state index contributed by atoms with van der Waals surface area (Å²) >= 11 is 0. The third kappa shape index (κ3) is 2.37. The van der Waals surface area contributed by atoms with Crippen LogP contribution in [0, 0.1) is 19.3 Å². The predicted molar refractivity (Wildman–Crippen MR) is 63.5 cm³/mol. The fourth-order valence-electron chi connectivity index (χ4n) is 1.48. The number of carboxylic acid groups (broad SMARTS) is 1. The number of nitrogens with zero attached hydrogens (tertiary/aromatic N) is 2. The molecule has 0 amide bonds. The molecule has 0 atom stereocenters. The average Bonchev–Trinajstić information content (AvgIpc) is 2.68. The number of hydrogen-bond acceptors (Lipinski definition) is 4. The number of carboxylic acids is 1. The number of rotatable bonds is 5. The first-order valence-corrected chi connectivity index (χ1v) is 6.52. The van der Waals surface area contributed by atoms with Crippen LogP contribution in [0.25, 0.3) is 0 Å². The Hall–Kier alpha value is -1.85. The molecule has 1 aromatic rings. The van der Waals surface area contributed by atoms with Crippen molar-refractivity contribution in [3.8, 4) is 12.3 Å². The van der Waals surface area contributed by atoms with Gasteiger partial charge in [-0.25, -0.2) is 13.2 Å². The normalized spacial score (nSPS) is 11.4. The van der Waals surface area contributed by atoms with Crippen molar-refractivity contribution in [2.75, 3.05) is 13.1 Å². The summed E-state index contributed by atoms with van der Waals surface area (Å²) in [6.45, 7) is 3.08. The lowest BCUT2D eigenvalue weighted by molar-refractivity contribution is 0.0686. The third-order valence-electron chi connectivity index (χ3n) is 2.31. The number of carbonyl (C=O) groups is 1. The van der Waals surface area contributed by atoms with Crippen LogP contribution in [0.5, 0.6) is 0 Å². The second-order valence-corrected chi connectivity index (χ2v) is 5.34. The van der Waals surface area contributed by atoms with Gasteiger partial charge in [0, 0.05) is 6.54 Å². The summed E-state index contributed by atoms with van der Waals surface area (Å²) in [6.07, 6.45) is 5.10. The molecule has 1 aromatic heterocycles. The fourth-order valence-corrected chi connectivity index (χ4v) is 3.13. The van der Waals surface area contributed by atoms with Gasteiger partial charge in [0.15, 0.2) is 5.69 Å². The van der Waals surface area contributed by atoms with Gasteiger partial charge in [0.2, 0.25) is 10.0 Å². The lowest BCUT2D eigenvalue weighted by atomic mass is 10.4. The van der Waals surface area contributed by atoms with E-state index in [2.05, 4.69) is 16.1 Å². The van der Waals surface area contributed by atoms with Gasteiger partial charge in [-0.3, -0.25) is 5.10 Å². The summed E-state index contributed by atoms with van der Waals surface area (Å²) < 4.78 is 25.5. The number of H-pyrrole nitrogens is 1. The predicted octanol–water partition coefficient (Wildman–Crippen LogP) is 0.0601. The smallest absolute Gasteiger partial charge is 0.357 e. The maximum absolute atomic E-state index is 12.3. The summed E-state index contributed by atoms with van der Waals surface area (Å²) in [5, 5.41) is 14.8. The Morgan fingerprint density at radius 2 is 2.22 bits per heavy atom. The first kappa shape index (κ1) is 14.2. The van der Waals surface area contributed by atoms with E-state index in [1.165, 1.54) is 6.92 Å². The highest BCUT2D eigenvalue weighted by atomic mass is 32.2. The lowest BCUT2D eigenvalue weighted by Crippen LogP contribution is -2.32. The highest BCUT2D eigenvalue weighted by Gasteiger charge is 2.32. The number of nitrogens with one attached hydrogen (secondary N) is 1. The molecule has 0 aliphatic heterocycles. The first-order chi connectivity index (χ1) is 8.36. The van der Waals surface area contributed by atoms with Gasteiger partial charge >= 0.3 is 5.97 Å². The zero-order valence-electron chi connectivity index (χ0n) is 9.97. The molecule has 0 saturated carbocycles. The van der Waals surface area contributed by atoms with Gasteiger partial charge in [0.05, 0.1) is 12.2 Å². The zero-order chi connectivity index (χ0) is 13.9. The van der Waals surface area contributed by atoms with E-state index in [0.717, 1.165) is 4.31 Å². The summed E-state index contributed by atoms with van der Waals surface area (Å²) in [6, 6.07) is 0. The summed E-state index contributed by atoms with van der Waals surface area (Å²) in [5.41, 5.74) is -0.356. The topological polar surface area (TPSA) is 103 Å². The van der Waals surface area contributed by atoms with Crippen molar-refractivity contribution in [3.63, 3.8) is 0 Å². The van der Waals surface area contributed by atoms with E-state index >= 15 is 0 Å². The molecule has 0 radical (unpaired) electrons. The van der Waals surface area contributed by atoms with Crippen molar-refractivity contribution >= 4 is 16.0 Å². The molecule has 0 fully saturated rings. The molecule has 8 heteroatoms. The molecular weight excluding hydrogens is 258 g/mol. The quantitative estimate of drug-likeness (QED) is 0.737. The third-order valence-corrected chi connectivity index (χ3v) is 4.39. The molecule has 98 valence electrons. The van der Waals surface area contributed by atoms with Crippen LogP contribution in [-0.2, 0) is 10.0 Å². The number of aryl methyl sites for hydroxylation is 1. The Labute approximate surface area is 105 Å². The van der Waals surface area contributed by atoms with E-state index < -0.39 is 21.7 Å². The molecule has 0 unspecified atom stereocenters. The molecule has 0 spiro atoms. The fraction of sp³-hybridized carbons (Fsp3) is 0.400. The van der Waals surface area contributed by atoms with Gasteiger partial charge in [0.1, 0.15) is 4.90 Å². The molecular formula is C10H13N3O4S. The van der Waals surface area contributed by atoms with Crippen LogP contribution < -0.4 is 0 Å². The van der Waals surface area contributed by atoms with Crippen molar-refractivity contribution in [2.24, 2.45) is 0 Å². The number of aromatic carboxylic acids is 1. The minimum absolute atomic E-state index is 0.123. The van der Waals surface area contributed by atoms with Crippen LogP contribution in [0.15, 0.2) is 4.90 Å². The van der Waals surface area contributed by atoms with Crippen molar-refractivity contribution < 1.29 is 18.3 Å². The summed E-state index contributed by atoms with van der Waals surface area (Å²) in [5.74, 6) is 0.816. The summed E-state index contributed by atoms with van der Waals surface area (Å²) in [4.78, 5) is 10.6. The van der Waals surface area contributed by atoms with Crippen molar-refractivity contribution in [1.82, 2.24) is 14.5 Å².